The van der Waals surface area contributed by atoms with Gasteiger partial charge in [0.05, 0.1) is 0 Å². The zero-order valence-electron chi connectivity index (χ0n) is 12.0. The minimum absolute atomic E-state index is 0.492. The van der Waals surface area contributed by atoms with Crippen molar-refractivity contribution in [2.45, 2.75) is 13.5 Å². The molecule has 0 amide bonds. The Morgan fingerprint density at radius 1 is 1.38 bits per heavy atom. The number of nitrogens with zero attached hydrogens (tertiary/aromatic N) is 3. The van der Waals surface area contributed by atoms with Crippen molar-refractivity contribution < 1.29 is 4.74 Å². The highest BCUT2D eigenvalue weighted by molar-refractivity contribution is 9.10. The van der Waals surface area contributed by atoms with E-state index < -0.39 is 0 Å². The van der Waals surface area contributed by atoms with Crippen molar-refractivity contribution in [2.24, 2.45) is 0 Å². The van der Waals surface area contributed by atoms with Gasteiger partial charge in [0.25, 0.3) is 0 Å². The zero-order valence-corrected chi connectivity index (χ0v) is 13.6. The van der Waals surface area contributed by atoms with E-state index in [2.05, 4.69) is 50.6 Å². The SMILES string of the molecule is C=CCOc1ccc(Br)cc1CN(CC)c1cccnn1. The Hall–Kier alpha value is -1.88. The molecule has 0 spiro atoms. The highest BCUT2D eigenvalue weighted by Crippen LogP contribution is 2.26. The molecular formula is C16H18BrN3O. The summed E-state index contributed by atoms with van der Waals surface area (Å²) in [6.07, 6.45) is 3.42. The third-order valence-electron chi connectivity index (χ3n) is 3.00. The van der Waals surface area contributed by atoms with Crippen LogP contribution in [0.4, 0.5) is 5.82 Å². The third-order valence-corrected chi connectivity index (χ3v) is 3.50. The van der Waals surface area contributed by atoms with Gasteiger partial charge in [0, 0.05) is 29.3 Å². The Morgan fingerprint density at radius 3 is 2.90 bits per heavy atom. The van der Waals surface area contributed by atoms with Gasteiger partial charge in [0.15, 0.2) is 5.82 Å². The van der Waals surface area contributed by atoms with E-state index in [0.29, 0.717) is 13.2 Å². The molecule has 4 nitrogen and oxygen atoms in total. The minimum Gasteiger partial charge on any atom is -0.489 e. The Balaban J connectivity index is 2.23. The second-order valence-corrected chi connectivity index (χ2v) is 5.36. The smallest absolute Gasteiger partial charge is 0.151 e. The molecule has 21 heavy (non-hydrogen) atoms. The number of aromatic nitrogens is 2. The number of ether oxygens (including phenoxy) is 1. The van der Waals surface area contributed by atoms with E-state index in [4.69, 9.17) is 4.74 Å². The molecule has 0 atom stereocenters. The van der Waals surface area contributed by atoms with E-state index in [0.717, 1.165) is 28.1 Å². The van der Waals surface area contributed by atoms with E-state index in [-0.39, 0.29) is 0 Å². The van der Waals surface area contributed by atoms with Crippen LogP contribution in [0.2, 0.25) is 0 Å². The maximum absolute atomic E-state index is 5.72. The number of benzene rings is 1. The molecule has 0 N–H and O–H groups in total. The molecule has 0 unspecified atom stereocenters. The lowest BCUT2D eigenvalue weighted by molar-refractivity contribution is 0.358. The number of hydrogen-bond donors (Lipinski definition) is 0. The van der Waals surface area contributed by atoms with Gasteiger partial charge < -0.3 is 9.64 Å². The van der Waals surface area contributed by atoms with Gasteiger partial charge in [-0.2, -0.15) is 5.10 Å². The van der Waals surface area contributed by atoms with Gasteiger partial charge in [-0.15, -0.1) is 5.10 Å². The van der Waals surface area contributed by atoms with Crippen LogP contribution < -0.4 is 9.64 Å². The van der Waals surface area contributed by atoms with Crippen LogP contribution in [0.5, 0.6) is 5.75 Å². The van der Waals surface area contributed by atoms with E-state index >= 15 is 0 Å². The first-order valence-corrected chi connectivity index (χ1v) is 7.58. The molecule has 0 aliphatic heterocycles. The van der Waals surface area contributed by atoms with Gasteiger partial charge in [-0.3, -0.25) is 0 Å². The van der Waals surface area contributed by atoms with Crippen molar-refractivity contribution in [3.63, 3.8) is 0 Å². The molecule has 2 aromatic rings. The van der Waals surface area contributed by atoms with Gasteiger partial charge in [-0.05, 0) is 37.3 Å². The average Bonchev–Trinajstić information content (AvgIpc) is 2.52. The number of hydrogen-bond acceptors (Lipinski definition) is 4. The van der Waals surface area contributed by atoms with Gasteiger partial charge in [0.2, 0.25) is 0 Å². The molecule has 2 rings (SSSR count). The highest BCUT2D eigenvalue weighted by Gasteiger charge is 2.11. The fourth-order valence-corrected chi connectivity index (χ4v) is 2.39. The summed E-state index contributed by atoms with van der Waals surface area (Å²) in [7, 11) is 0. The van der Waals surface area contributed by atoms with Crippen LogP contribution in [0.25, 0.3) is 0 Å². The molecule has 0 aliphatic carbocycles. The summed E-state index contributed by atoms with van der Waals surface area (Å²) in [5.41, 5.74) is 1.10. The Morgan fingerprint density at radius 2 is 2.24 bits per heavy atom. The van der Waals surface area contributed by atoms with Crippen molar-refractivity contribution in [3.8, 4) is 5.75 Å². The highest BCUT2D eigenvalue weighted by atomic mass is 79.9. The van der Waals surface area contributed by atoms with E-state index in [1.54, 1.807) is 12.3 Å². The molecule has 1 aromatic heterocycles. The van der Waals surface area contributed by atoms with Gasteiger partial charge in [0.1, 0.15) is 12.4 Å². The lowest BCUT2D eigenvalue weighted by atomic mass is 10.2. The largest absolute Gasteiger partial charge is 0.489 e. The standard InChI is InChI=1S/C16H18BrN3O/c1-3-10-21-15-8-7-14(17)11-13(15)12-20(4-2)16-6-5-9-18-19-16/h3,5-9,11H,1,4,10,12H2,2H3. The maximum atomic E-state index is 5.72. The number of rotatable bonds is 7. The van der Waals surface area contributed by atoms with Crippen molar-refractivity contribution in [3.05, 3.63) is 59.2 Å². The zero-order chi connectivity index (χ0) is 15.1. The van der Waals surface area contributed by atoms with E-state index in [1.165, 1.54) is 0 Å². The predicted molar refractivity (Wildman–Crippen MR) is 88.6 cm³/mol. The summed E-state index contributed by atoms with van der Waals surface area (Å²) in [4.78, 5) is 2.15. The summed E-state index contributed by atoms with van der Waals surface area (Å²) in [6.45, 7) is 7.82. The Kier molecular flexibility index (Phi) is 5.75. The number of anilines is 1. The predicted octanol–water partition coefficient (Wildman–Crippen LogP) is 3.83. The second-order valence-electron chi connectivity index (χ2n) is 4.45. The second kappa shape index (κ2) is 7.78. The van der Waals surface area contributed by atoms with Crippen molar-refractivity contribution in [2.75, 3.05) is 18.1 Å². The normalized spacial score (nSPS) is 10.2. The summed E-state index contributed by atoms with van der Waals surface area (Å²) in [6, 6.07) is 9.85. The molecule has 0 fully saturated rings. The van der Waals surface area contributed by atoms with Crippen LogP contribution in [0.1, 0.15) is 12.5 Å². The Bertz CT molecular complexity index is 589. The van der Waals surface area contributed by atoms with Crippen LogP contribution in [-0.2, 0) is 6.54 Å². The fraction of sp³-hybridized carbons (Fsp3) is 0.250. The maximum Gasteiger partial charge on any atom is 0.151 e. The van der Waals surface area contributed by atoms with Crippen molar-refractivity contribution in [1.82, 2.24) is 10.2 Å². The third kappa shape index (κ3) is 4.29. The quantitative estimate of drug-likeness (QED) is 0.713. The summed E-state index contributed by atoms with van der Waals surface area (Å²) in [5, 5.41) is 8.11. The minimum atomic E-state index is 0.492. The molecular weight excluding hydrogens is 330 g/mol. The molecule has 1 aromatic carbocycles. The lowest BCUT2D eigenvalue weighted by Crippen LogP contribution is -2.23. The molecule has 0 saturated heterocycles. The van der Waals surface area contributed by atoms with E-state index in [9.17, 15) is 0 Å². The average molecular weight is 348 g/mol. The van der Waals surface area contributed by atoms with E-state index in [1.807, 2.05) is 24.3 Å². The van der Waals surface area contributed by atoms with Crippen LogP contribution in [0.15, 0.2) is 53.7 Å². The molecule has 5 heteroatoms. The number of halogens is 1. The fourth-order valence-electron chi connectivity index (χ4n) is 1.98. The lowest BCUT2D eigenvalue weighted by Gasteiger charge is -2.22. The van der Waals surface area contributed by atoms with Gasteiger partial charge in [-0.25, -0.2) is 0 Å². The van der Waals surface area contributed by atoms with Crippen molar-refractivity contribution >= 4 is 21.7 Å². The first-order valence-electron chi connectivity index (χ1n) is 6.79. The van der Waals surface area contributed by atoms with Crippen LogP contribution >= 0.6 is 15.9 Å². The van der Waals surface area contributed by atoms with Crippen molar-refractivity contribution in [1.29, 1.82) is 0 Å². The summed E-state index contributed by atoms with van der Waals surface area (Å²) < 4.78 is 6.75. The molecule has 1 heterocycles. The first-order chi connectivity index (χ1) is 10.2. The summed E-state index contributed by atoms with van der Waals surface area (Å²) >= 11 is 3.51. The summed E-state index contributed by atoms with van der Waals surface area (Å²) in [5.74, 6) is 1.72. The monoisotopic (exact) mass is 347 g/mol. The molecule has 0 bridgehead atoms. The van der Waals surface area contributed by atoms with Crippen LogP contribution in [-0.4, -0.2) is 23.3 Å². The molecule has 0 radical (unpaired) electrons. The van der Waals surface area contributed by atoms with Gasteiger partial charge in [-0.1, -0.05) is 28.6 Å². The molecule has 0 aliphatic rings. The topological polar surface area (TPSA) is 38.2 Å². The van der Waals surface area contributed by atoms with Crippen LogP contribution in [0, 0.1) is 0 Å². The molecule has 0 saturated carbocycles. The first kappa shape index (κ1) is 15.5. The Labute approximate surface area is 133 Å². The molecule has 110 valence electrons. The van der Waals surface area contributed by atoms with Crippen LogP contribution in [0.3, 0.4) is 0 Å². The van der Waals surface area contributed by atoms with Gasteiger partial charge >= 0.3 is 0 Å².